The summed E-state index contributed by atoms with van der Waals surface area (Å²) in [5.74, 6) is -0.355. The molecule has 1 saturated heterocycles. The van der Waals surface area contributed by atoms with Crippen molar-refractivity contribution in [3.05, 3.63) is 0 Å². The van der Waals surface area contributed by atoms with E-state index in [0.29, 0.717) is 0 Å². The topological polar surface area (TPSA) is 103 Å². The molecule has 8 heteroatoms. The Morgan fingerprint density at radius 2 is 1.71 bits per heavy atom. The molecule has 138 valence electrons. The summed E-state index contributed by atoms with van der Waals surface area (Å²) in [5, 5.41) is 5.26. The van der Waals surface area contributed by atoms with E-state index in [9.17, 15) is 14.4 Å². The number of hydrogen-bond donors (Lipinski definition) is 2. The van der Waals surface area contributed by atoms with E-state index in [4.69, 9.17) is 14.2 Å². The molecular weight excluding hydrogens is 316 g/mol. The van der Waals surface area contributed by atoms with E-state index < -0.39 is 35.0 Å². The third kappa shape index (κ3) is 6.64. The minimum Gasteiger partial charge on any atom is -0.444 e. The number of nitrogens with one attached hydrogen (secondary N) is 2. The van der Waals surface area contributed by atoms with Crippen molar-refractivity contribution in [1.82, 2.24) is 10.6 Å². The summed E-state index contributed by atoms with van der Waals surface area (Å²) in [7, 11) is 0. The van der Waals surface area contributed by atoms with Crippen LogP contribution in [-0.2, 0) is 19.0 Å². The monoisotopic (exact) mass is 344 g/mol. The van der Waals surface area contributed by atoms with Gasteiger partial charge in [-0.05, 0) is 48.5 Å². The summed E-state index contributed by atoms with van der Waals surface area (Å²) in [4.78, 5) is 35.5. The Morgan fingerprint density at radius 1 is 1.17 bits per heavy atom. The van der Waals surface area contributed by atoms with Crippen molar-refractivity contribution in [1.29, 1.82) is 0 Å². The Bertz CT molecular complexity index is 506. The molecular formula is C16H28N2O6. The van der Waals surface area contributed by atoms with Crippen molar-refractivity contribution in [2.75, 3.05) is 6.61 Å². The van der Waals surface area contributed by atoms with Gasteiger partial charge in [-0.25, -0.2) is 9.59 Å². The molecule has 2 amide bonds. The zero-order valence-corrected chi connectivity index (χ0v) is 15.4. The Kier molecular flexibility index (Phi) is 5.74. The predicted molar refractivity (Wildman–Crippen MR) is 86.5 cm³/mol. The molecule has 0 bridgehead atoms. The maximum absolute atomic E-state index is 12.1. The van der Waals surface area contributed by atoms with Crippen LogP contribution in [-0.4, -0.2) is 47.5 Å². The van der Waals surface area contributed by atoms with Crippen LogP contribution in [0.3, 0.4) is 0 Å². The normalized spacial score (nSPS) is 24.1. The molecule has 1 heterocycles. The van der Waals surface area contributed by atoms with E-state index in [1.165, 1.54) is 0 Å². The summed E-state index contributed by atoms with van der Waals surface area (Å²) in [5.41, 5.74) is -2.43. The smallest absolute Gasteiger partial charge is 0.444 e. The van der Waals surface area contributed by atoms with Crippen molar-refractivity contribution in [2.45, 2.75) is 77.7 Å². The van der Waals surface area contributed by atoms with Gasteiger partial charge in [-0.1, -0.05) is 0 Å². The molecule has 1 aliphatic heterocycles. The third-order valence-electron chi connectivity index (χ3n) is 3.06. The summed E-state index contributed by atoms with van der Waals surface area (Å²) in [6.45, 7) is 12.0. The number of ether oxygens (including phenoxy) is 3. The first kappa shape index (κ1) is 20.1. The second-order valence-corrected chi connectivity index (χ2v) is 8.11. The molecule has 0 unspecified atom stereocenters. The maximum Gasteiger partial charge on any atom is 0.508 e. The van der Waals surface area contributed by atoms with Crippen LogP contribution in [0.1, 0.15) is 54.9 Å². The lowest BCUT2D eigenvalue weighted by Gasteiger charge is -2.26. The van der Waals surface area contributed by atoms with E-state index >= 15 is 0 Å². The van der Waals surface area contributed by atoms with Gasteiger partial charge in [0.15, 0.2) is 0 Å². The van der Waals surface area contributed by atoms with Gasteiger partial charge in [0.25, 0.3) is 0 Å². The van der Waals surface area contributed by atoms with Crippen LogP contribution in [0.15, 0.2) is 0 Å². The van der Waals surface area contributed by atoms with Crippen LogP contribution < -0.4 is 10.6 Å². The highest BCUT2D eigenvalue weighted by Gasteiger charge is 2.45. The Morgan fingerprint density at radius 3 is 2.21 bits per heavy atom. The van der Waals surface area contributed by atoms with Crippen molar-refractivity contribution < 1.29 is 28.6 Å². The van der Waals surface area contributed by atoms with Gasteiger partial charge in [0, 0.05) is 6.42 Å². The fourth-order valence-corrected chi connectivity index (χ4v) is 2.17. The van der Waals surface area contributed by atoms with Crippen LogP contribution in [0.4, 0.5) is 9.59 Å². The van der Waals surface area contributed by atoms with Crippen LogP contribution in [0, 0.1) is 0 Å². The van der Waals surface area contributed by atoms with Crippen LogP contribution in [0.25, 0.3) is 0 Å². The van der Waals surface area contributed by atoms with Gasteiger partial charge in [-0.3, -0.25) is 4.79 Å². The summed E-state index contributed by atoms with van der Waals surface area (Å²) < 4.78 is 15.2. The predicted octanol–water partition coefficient (Wildman–Crippen LogP) is 2.11. The highest BCUT2D eigenvalue weighted by Crippen LogP contribution is 2.22. The van der Waals surface area contributed by atoms with Crippen molar-refractivity contribution >= 4 is 18.2 Å². The first-order valence-electron chi connectivity index (χ1n) is 7.88. The SMILES string of the molecule is CC(C)(C)OC(=O)N[C@@]1(C)C[C@@H](COC(=O)OC(C)(C)C)NC1=O. The molecule has 1 rings (SSSR count). The first-order valence-corrected chi connectivity index (χ1v) is 7.88. The van der Waals surface area contributed by atoms with Gasteiger partial charge in [0.05, 0.1) is 6.04 Å². The largest absolute Gasteiger partial charge is 0.508 e. The van der Waals surface area contributed by atoms with Gasteiger partial charge in [-0.2, -0.15) is 0 Å². The molecule has 0 aromatic rings. The number of carbonyl (C=O) groups excluding carboxylic acids is 3. The van der Waals surface area contributed by atoms with Crippen LogP contribution in [0.5, 0.6) is 0 Å². The molecule has 2 N–H and O–H groups in total. The maximum atomic E-state index is 12.1. The molecule has 0 aromatic heterocycles. The number of alkyl carbamates (subject to hydrolysis) is 1. The average molecular weight is 344 g/mol. The van der Waals surface area contributed by atoms with E-state index in [2.05, 4.69) is 10.6 Å². The Labute approximate surface area is 142 Å². The third-order valence-corrected chi connectivity index (χ3v) is 3.06. The molecule has 0 aliphatic carbocycles. The fourth-order valence-electron chi connectivity index (χ4n) is 2.17. The van der Waals surface area contributed by atoms with E-state index in [1.54, 1.807) is 48.5 Å². The molecule has 0 aromatic carbocycles. The van der Waals surface area contributed by atoms with Gasteiger partial charge in [0.2, 0.25) is 5.91 Å². The van der Waals surface area contributed by atoms with Gasteiger partial charge >= 0.3 is 12.2 Å². The molecule has 0 saturated carbocycles. The van der Waals surface area contributed by atoms with Crippen molar-refractivity contribution in [3.63, 3.8) is 0 Å². The fraction of sp³-hybridized carbons (Fsp3) is 0.812. The second kappa shape index (κ2) is 6.86. The minimum atomic E-state index is -1.12. The van der Waals surface area contributed by atoms with Crippen molar-refractivity contribution in [3.8, 4) is 0 Å². The Balaban J connectivity index is 2.53. The van der Waals surface area contributed by atoms with Crippen LogP contribution >= 0.6 is 0 Å². The highest BCUT2D eigenvalue weighted by molar-refractivity contribution is 5.91. The zero-order valence-electron chi connectivity index (χ0n) is 15.4. The van der Waals surface area contributed by atoms with Gasteiger partial charge < -0.3 is 24.8 Å². The minimum absolute atomic E-state index is 0.0355. The molecule has 0 spiro atoms. The average Bonchev–Trinajstić information content (AvgIpc) is 2.57. The quantitative estimate of drug-likeness (QED) is 0.760. The molecule has 2 atom stereocenters. The lowest BCUT2D eigenvalue weighted by Crippen LogP contribution is -2.52. The zero-order chi connectivity index (χ0) is 18.8. The van der Waals surface area contributed by atoms with Gasteiger partial charge in [-0.15, -0.1) is 0 Å². The van der Waals surface area contributed by atoms with Crippen molar-refractivity contribution in [2.24, 2.45) is 0 Å². The standard InChI is InChI=1S/C16H28N2O6/c1-14(2,3)23-12(20)18-16(7)8-10(17-11(16)19)9-22-13(21)24-15(4,5)6/h10H,8-9H2,1-7H3,(H,17,19)(H,18,20)/t10-,16-/m0/s1. The van der Waals surface area contributed by atoms with Gasteiger partial charge in [0.1, 0.15) is 23.3 Å². The summed E-state index contributed by atoms with van der Waals surface area (Å²) in [6, 6.07) is -0.412. The number of hydrogen-bond acceptors (Lipinski definition) is 6. The molecule has 1 aliphatic rings. The second-order valence-electron chi connectivity index (χ2n) is 8.11. The lowest BCUT2D eigenvalue weighted by molar-refractivity contribution is -0.124. The van der Waals surface area contributed by atoms with E-state index in [1.807, 2.05) is 0 Å². The van der Waals surface area contributed by atoms with Crippen LogP contribution in [0.2, 0.25) is 0 Å². The lowest BCUT2D eigenvalue weighted by atomic mass is 9.98. The summed E-state index contributed by atoms with van der Waals surface area (Å²) >= 11 is 0. The molecule has 0 radical (unpaired) electrons. The molecule has 8 nitrogen and oxygen atoms in total. The van der Waals surface area contributed by atoms with E-state index in [-0.39, 0.29) is 18.9 Å². The molecule has 24 heavy (non-hydrogen) atoms. The van der Waals surface area contributed by atoms with E-state index in [0.717, 1.165) is 0 Å². The Hall–Kier alpha value is -1.99. The summed E-state index contributed by atoms with van der Waals surface area (Å²) in [6.07, 6.45) is -1.20. The number of carbonyl (C=O) groups is 3. The highest BCUT2D eigenvalue weighted by atomic mass is 16.7. The first-order chi connectivity index (χ1) is 10.7. The molecule has 1 fully saturated rings. The number of rotatable bonds is 3. The number of amides is 2.